The molecule has 0 radical (unpaired) electrons. The molecule has 0 spiro atoms. The van der Waals surface area contributed by atoms with E-state index < -0.39 is 11.7 Å². The van der Waals surface area contributed by atoms with Gasteiger partial charge in [-0.2, -0.15) is 18.3 Å². The van der Waals surface area contributed by atoms with Gasteiger partial charge in [-0.05, 0) is 68.1 Å². The van der Waals surface area contributed by atoms with Crippen molar-refractivity contribution in [2.45, 2.75) is 44.9 Å². The fraction of sp³-hybridized carbons (Fsp3) is 0.391. The first-order valence-corrected chi connectivity index (χ1v) is 10.1. The summed E-state index contributed by atoms with van der Waals surface area (Å²) in [4.78, 5) is 7.22. The number of alkyl halides is 3. The molecule has 1 aromatic carbocycles. The van der Waals surface area contributed by atoms with Gasteiger partial charge in [0, 0.05) is 31.0 Å². The van der Waals surface area contributed by atoms with Gasteiger partial charge in [0.05, 0.1) is 23.5 Å². The van der Waals surface area contributed by atoms with Crippen LogP contribution in [-0.2, 0) is 26.2 Å². The first-order chi connectivity index (χ1) is 14.3. The van der Waals surface area contributed by atoms with Crippen LogP contribution in [0, 0.1) is 6.92 Å². The SMILES string of the molecule is Cc1cc(Cc2ccc(C(F)(F)F)cc2)cc([C@H]2CCCN2Cc2cnn(C)c2)n1. The molecule has 4 nitrogen and oxygen atoms in total. The third-order valence-electron chi connectivity index (χ3n) is 5.57. The molecule has 158 valence electrons. The number of hydrogen-bond acceptors (Lipinski definition) is 3. The molecule has 3 heterocycles. The van der Waals surface area contributed by atoms with Crippen molar-refractivity contribution in [3.8, 4) is 0 Å². The summed E-state index contributed by atoms with van der Waals surface area (Å²) in [7, 11) is 1.92. The normalized spacial score (nSPS) is 17.6. The molecule has 0 unspecified atom stereocenters. The second kappa shape index (κ2) is 8.22. The molecular weight excluding hydrogens is 389 g/mol. The molecule has 3 aromatic rings. The van der Waals surface area contributed by atoms with E-state index in [1.54, 1.807) is 12.1 Å². The molecule has 1 fully saturated rings. The molecule has 4 rings (SSSR count). The van der Waals surface area contributed by atoms with Crippen LogP contribution in [0.3, 0.4) is 0 Å². The lowest BCUT2D eigenvalue weighted by molar-refractivity contribution is -0.137. The van der Waals surface area contributed by atoms with Gasteiger partial charge in [-0.1, -0.05) is 12.1 Å². The fourth-order valence-corrected chi connectivity index (χ4v) is 4.23. The van der Waals surface area contributed by atoms with E-state index in [9.17, 15) is 13.2 Å². The van der Waals surface area contributed by atoms with E-state index in [1.165, 1.54) is 5.56 Å². The van der Waals surface area contributed by atoms with Crippen LogP contribution >= 0.6 is 0 Å². The zero-order chi connectivity index (χ0) is 21.3. The van der Waals surface area contributed by atoms with E-state index in [-0.39, 0.29) is 6.04 Å². The maximum absolute atomic E-state index is 12.8. The van der Waals surface area contributed by atoms with Crippen molar-refractivity contribution in [2.75, 3.05) is 6.54 Å². The minimum Gasteiger partial charge on any atom is -0.290 e. The molecule has 7 heteroatoms. The molecule has 1 saturated heterocycles. The lowest BCUT2D eigenvalue weighted by Crippen LogP contribution is -2.23. The van der Waals surface area contributed by atoms with Gasteiger partial charge >= 0.3 is 6.18 Å². The molecule has 30 heavy (non-hydrogen) atoms. The fourth-order valence-electron chi connectivity index (χ4n) is 4.23. The lowest BCUT2D eigenvalue weighted by Gasteiger charge is -2.24. The molecule has 2 aromatic heterocycles. The number of likely N-dealkylation sites (tertiary alicyclic amines) is 1. The number of pyridine rings is 1. The number of rotatable bonds is 5. The van der Waals surface area contributed by atoms with Crippen LogP contribution in [0.1, 0.15) is 52.5 Å². The van der Waals surface area contributed by atoms with E-state index in [2.05, 4.69) is 16.1 Å². The van der Waals surface area contributed by atoms with Crippen molar-refractivity contribution in [3.63, 3.8) is 0 Å². The van der Waals surface area contributed by atoms with Crippen LogP contribution < -0.4 is 0 Å². The Labute approximate surface area is 174 Å². The van der Waals surface area contributed by atoms with Crippen LogP contribution in [0.2, 0.25) is 0 Å². The highest BCUT2D eigenvalue weighted by Crippen LogP contribution is 2.33. The summed E-state index contributed by atoms with van der Waals surface area (Å²) in [6, 6.07) is 9.79. The van der Waals surface area contributed by atoms with Crippen LogP contribution in [0.5, 0.6) is 0 Å². The molecule has 0 aliphatic carbocycles. The van der Waals surface area contributed by atoms with Gasteiger partial charge in [0.15, 0.2) is 0 Å². The summed E-state index contributed by atoms with van der Waals surface area (Å²) in [5.41, 5.74) is 4.47. The van der Waals surface area contributed by atoms with Crippen molar-refractivity contribution in [1.29, 1.82) is 0 Å². The summed E-state index contributed by atoms with van der Waals surface area (Å²) >= 11 is 0. The Hall–Kier alpha value is -2.67. The zero-order valence-corrected chi connectivity index (χ0v) is 17.2. The van der Waals surface area contributed by atoms with Gasteiger partial charge in [0.25, 0.3) is 0 Å². The van der Waals surface area contributed by atoms with Crippen LogP contribution in [0.15, 0.2) is 48.8 Å². The number of aromatic nitrogens is 3. The molecule has 1 aliphatic heterocycles. The summed E-state index contributed by atoms with van der Waals surface area (Å²) < 4.78 is 40.2. The van der Waals surface area contributed by atoms with E-state index in [1.807, 2.05) is 37.1 Å². The van der Waals surface area contributed by atoms with Crippen molar-refractivity contribution >= 4 is 0 Å². The standard InChI is InChI=1S/C23H25F3N4/c1-16-10-18(11-17-5-7-20(8-6-17)23(24,25)26)12-21(28-16)22-4-3-9-30(22)15-19-13-27-29(2)14-19/h5-8,10,12-14,22H,3-4,9,11,15H2,1-2H3/t22-/m1/s1. The Morgan fingerprint density at radius 1 is 1.07 bits per heavy atom. The van der Waals surface area contributed by atoms with E-state index >= 15 is 0 Å². The van der Waals surface area contributed by atoms with Crippen LogP contribution in [0.25, 0.3) is 0 Å². The van der Waals surface area contributed by atoms with Gasteiger partial charge < -0.3 is 0 Å². The van der Waals surface area contributed by atoms with Crippen molar-refractivity contribution in [1.82, 2.24) is 19.7 Å². The third kappa shape index (κ3) is 4.73. The van der Waals surface area contributed by atoms with Crippen molar-refractivity contribution in [3.05, 3.63) is 82.4 Å². The largest absolute Gasteiger partial charge is 0.416 e. The Bertz CT molecular complexity index is 1010. The molecule has 0 N–H and O–H groups in total. The van der Waals surface area contributed by atoms with E-state index in [0.29, 0.717) is 6.42 Å². The topological polar surface area (TPSA) is 34.0 Å². The van der Waals surface area contributed by atoms with E-state index in [4.69, 9.17) is 4.98 Å². The van der Waals surface area contributed by atoms with Crippen molar-refractivity contribution in [2.24, 2.45) is 7.05 Å². The highest BCUT2D eigenvalue weighted by atomic mass is 19.4. The summed E-state index contributed by atoms with van der Waals surface area (Å²) in [5.74, 6) is 0. The lowest BCUT2D eigenvalue weighted by atomic mass is 10.0. The molecule has 0 amide bonds. The first-order valence-electron chi connectivity index (χ1n) is 10.1. The Morgan fingerprint density at radius 3 is 2.50 bits per heavy atom. The van der Waals surface area contributed by atoms with E-state index in [0.717, 1.165) is 60.6 Å². The van der Waals surface area contributed by atoms with Gasteiger partial charge in [0.1, 0.15) is 0 Å². The average Bonchev–Trinajstić information content (AvgIpc) is 3.30. The molecule has 0 saturated carbocycles. The Balaban J connectivity index is 1.52. The smallest absolute Gasteiger partial charge is 0.290 e. The second-order valence-electron chi connectivity index (χ2n) is 8.06. The predicted octanol–water partition coefficient (Wildman–Crippen LogP) is 5.07. The molecule has 0 bridgehead atoms. The molecular formula is C23H25F3N4. The molecule has 1 aliphatic rings. The quantitative estimate of drug-likeness (QED) is 0.585. The first kappa shape index (κ1) is 20.6. The molecule has 1 atom stereocenters. The monoisotopic (exact) mass is 414 g/mol. The van der Waals surface area contributed by atoms with Crippen LogP contribution in [0.4, 0.5) is 13.2 Å². The second-order valence-corrected chi connectivity index (χ2v) is 8.06. The highest BCUT2D eigenvalue weighted by molar-refractivity contribution is 5.32. The third-order valence-corrected chi connectivity index (χ3v) is 5.57. The zero-order valence-electron chi connectivity index (χ0n) is 17.2. The number of aryl methyl sites for hydroxylation is 2. The average molecular weight is 414 g/mol. The maximum Gasteiger partial charge on any atom is 0.416 e. The highest BCUT2D eigenvalue weighted by Gasteiger charge is 2.30. The van der Waals surface area contributed by atoms with Gasteiger partial charge in [0.2, 0.25) is 0 Å². The summed E-state index contributed by atoms with van der Waals surface area (Å²) in [6.07, 6.45) is 2.39. The van der Waals surface area contributed by atoms with Crippen molar-refractivity contribution < 1.29 is 13.2 Å². The summed E-state index contributed by atoms with van der Waals surface area (Å²) in [6.45, 7) is 3.83. The Morgan fingerprint density at radius 2 is 1.83 bits per heavy atom. The van der Waals surface area contributed by atoms with Gasteiger partial charge in [-0.3, -0.25) is 14.6 Å². The number of benzene rings is 1. The maximum atomic E-state index is 12.8. The summed E-state index contributed by atoms with van der Waals surface area (Å²) in [5, 5.41) is 4.26. The number of halogens is 3. The van der Waals surface area contributed by atoms with Crippen LogP contribution in [-0.4, -0.2) is 26.2 Å². The number of nitrogens with zero attached hydrogens (tertiary/aromatic N) is 4. The van der Waals surface area contributed by atoms with Gasteiger partial charge in [-0.15, -0.1) is 0 Å². The predicted molar refractivity (Wildman–Crippen MR) is 109 cm³/mol. The number of hydrogen-bond donors (Lipinski definition) is 0. The Kier molecular flexibility index (Phi) is 5.64. The van der Waals surface area contributed by atoms with Gasteiger partial charge in [-0.25, -0.2) is 0 Å². The minimum atomic E-state index is -4.31. The minimum absolute atomic E-state index is 0.247.